The summed E-state index contributed by atoms with van der Waals surface area (Å²) in [5.74, 6) is -0.355. The lowest BCUT2D eigenvalue weighted by Gasteiger charge is -2.18. The fraction of sp³-hybridized carbons (Fsp3) is 0.320. The van der Waals surface area contributed by atoms with Crippen LogP contribution in [0, 0.1) is 5.92 Å². The first kappa shape index (κ1) is 23.4. The highest BCUT2D eigenvalue weighted by atomic mass is 35.5. The topological polar surface area (TPSA) is 65.5 Å². The first-order chi connectivity index (χ1) is 15.9. The van der Waals surface area contributed by atoms with Gasteiger partial charge < -0.3 is 15.1 Å². The van der Waals surface area contributed by atoms with Gasteiger partial charge in [-0.2, -0.15) is 0 Å². The van der Waals surface area contributed by atoms with Crippen molar-refractivity contribution in [2.75, 3.05) is 39.0 Å². The molecule has 2 heterocycles. The number of nitrogens with one attached hydrogen (secondary N) is 1. The number of aromatic nitrogens is 1. The number of nitrogens with zero attached hydrogens (tertiary/aromatic N) is 3. The van der Waals surface area contributed by atoms with Crippen molar-refractivity contribution in [3.8, 4) is 21.8 Å². The minimum absolute atomic E-state index is 0.0595. The monoisotopic (exact) mass is 482 g/mol. The Hall–Kier alpha value is -2.74. The first-order valence-corrected chi connectivity index (χ1v) is 12.2. The van der Waals surface area contributed by atoms with Gasteiger partial charge in [-0.15, -0.1) is 11.3 Å². The number of benzene rings is 2. The van der Waals surface area contributed by atoms with Gasteiger partial charge in [0.2, 0.25) is 11.8 Å². The van der Waals surface area contributed by atoms with Crippen LogP contribution in [0.3, 0.4) is 0 Å². The Morgan fingerprint density at radius 1 is 1.15 bits per heavy atom. The summed E-state index contributed by atoms with van der Waals surface area (Å²) in [6, 6.07) is 15.3. The van der Waals surface area contributed by atoms with Gasteiger partial charge in [0, 0.05) is 46.7 Å². The summed E-state index contributed by atoms with van der Waals surface area (Å²) < 4.78 is 0. The van der Waals surface area contributed by atoms with Gasteiger partial charge in [-0.05, 0) is 51.3 Å². The van der Waals surface area contributed by atoms with Crippen LogP contribution in [0.4, 0.5) is 5.69 Å². The molecule has 6 nitrogen and oxygen atoms in total. The third-order valence-electron chi connectivity index (χ3n) is 5.66. The van der Waals surface area contributed by atoms with Crippen molar-refractivity contribution in [1.82, 2.24) is 14.8 Å². The Morgan fingerprint density at radius 3 is 2.55 bits per heavy atom. The molecule has 4 rings (SSSR count). The Morgan fingerprint density at radius 2 is 1.85 bits per heavy atom. The molecule has 1 aliphatic heterocycles. The van der Waals surface area contributed by atoms with Crippen molar-refractivity contribution < 1.29 is 9.59 Å². The Balaban J connectivity index is 1.34. The van der Waals surface area contributed by atoms with Crippen molar-refractivity contribution in [3.63, 3.8) is 0 Å². The summed E-state index contributed by atoms with van der Waals surface area (Å²) in [6.45, 7) is 2.11. The van der Waals surface area contributed by atoms with Crippen LogP contribution in [0.1, 0.15) is 12.8 Å². The van der Waals surface area contributed by atoms with E-state index in [1.807, 2.05) is 68.0 Å². The van der Waals surface area contributed by atoms with Crippen LogP contribution in [0.2, 0.25) is 5.02 Å². The molecule has 0 bridgehead atoms. The molecule has 172 valence electrons. The van der Waals surface area contributed by atoms with E-state index in [0.717, 1.165) is 40.5 Å². The van der Waals surface area contributed by atoms with Gasteiger partial charge in [-0.3, -0.25) is 9.59 Å². The lowest BCUT2D eigenvalue weighted by atomic mass is 10.1. The summed E-state index contributed by atoms with van der Waals surface area (Å²) >= 11 is 7.55. The molecule has 33 heavy (non-hydrogen) atoms. The molecule has 1 aliphatic rings. The van der Waals surface area contributed by atoms with Gasteiger partial charge in [0.1, 0.15) is 5.01 Å². The SMILES string of the molecule is CN(C)CCCN1CC(C(=O)Nc2ccc(-c3csc(-c4ccc(Cl)cc4)n3)cc2)CC1=O. The standard InChI is InChI=1S/C25H27ClN4O2S/c1-29(2)12-3-13-30-15-19(14-23(30)31)24(32)27-21-10-6-17(7-11-21)22-16-33-25(28-22)18-4-8-20(26)9-5-18/h4-11,16,19H,3,12-15H2,1-2H3,(H,27,32). The van der Waals surface area contributed by atoms with E-state index in [9.17, 15) is 9.59 Å². The minimum Gasteiger partial charge on any atom is -0.342 e. The molecular weight excluding hydrogens is 456 g/mol. The zero-order valence-electron chi connectivity index (χ0n) is 18.8. The number of hydrogen-bond acceptors (Lipinski definition) is 5. The summed E-state index contributed by atoms with van der Waals surface area (Å²) in [4.78, 5) is 33.6. The molecule has 2 amide bonds. The molecule has 3 aromatic rings. The van der Waals surface area contributed by atoms with Crippen LogP contribution in [-0.4, -0.2) is 60.3 Å². The van der Waals surface area contributed by atoms with Gasteiger partial charge in [-0.1, -0.05) is 35.9 Å². The maximum Gasteiger partial charge on any atom is 0.229 e. The first-order valence-electron chi connectivity index (χ1n) is 10.9. The molecule has 1 aromatic heterocycles. The number of halogens is 1. The number of thiazole rings is 1. The molecule has 8 heteroatoms. The molecule has 2 aromatic carbocycles. The number of rotatable bonds is 8. The van der Waals surface area contributed by atoms with Crippen LogP contribution < -0.4 is 5.32 Å². The Labute approximate surface area is 203 Å². The Kier molecular flexibility index (Phi) is 7.42. The number of amides is 2. The van der Waals surface area contributed by atoms with Gasteiger partial charge in [0.15, 0.2) is 0 Å². The molecule has 0 aliphatic carbocycles. The van der Waals surface area contributed by atoms with Crippen molar-refractivity contribution in [3.05, 3.63) is 58.9 Å². The molecule has 1 saturated heterocycles. The molecule has 1 atom stereocenters. The average molecular weight is 483 g/mol. The second kappa shape index (κ2) is 10.5. The zero-order chi connectivity index (χ0) is 23.4. The smallest absolute Gasteiger partial charge is 0.229 e. The van der Waals surface area contributed by atoms with E-state index in [1.165, 1.54) is 0 Å². The van der Waals surface area contributed by atoms with Crippen LogP contribution in [-0.2, 0) is 9.59 Å². The number of hydrogen-bond donors (Lipinski definition) is 1. The Bertz CT molecular complexity index is 1110. The van der Waals surface area contributed by atoms with E-state index >= 15 is 0 Å². The summed E-state index contributed by atoms with van der Waals surface area (Å²) in [5, 5.41) is 6.61. The largest absolute Gasteiger partial charge is 0.342 e. The second-order valence-corrected chi connectivity index (χ2v) is 9.80. The van der Waals surface area contributed by atoms with Crippen molar-refractivity contribution in [2.24, 2.45) is 5.92 Å². The van der Waals surface area contributed by atoms with Gasteiger partial charge in [-0.25, -0.2) is 4.98 Å². The molecule has 0 radical (unpaired) electrons. The third kappa shape index (κ3) is 5.99. The van der Waals surface area contributed by atoms with E-state index in [4.69, 9.17) is 16.6 Å². The van der Waals surface area contributed by atoms with Crippen molar-refractivity contribution in [2.45, 2.75) is 12.8 Å². The number of carbonyl (C=O) groups is 2. The maximum absolute atomic E-state index is 12.7. The summed E-state index contributed by atoms with van der Waals surface area (Å²) in [6.07, 6.45) is 1.18. The normalized spacial score (nSPS) is 15.9. The number of likely N-dealkylation sites (tertiary alicyclic amines) is 1. The summed E-state index contributed by atoms with van der Waals surface area (Å²) in [5.41, 5.74) is 3.61. The highest BCUT2D eigenvalue weighted by Crippen LogP contribution is 2.30. The second-order valence-electron chi connectivity index (χ2n) is 8.51. The fourth-order valence-corrected chi connectivity index (χ4v) is 4.80. The van der Waals surface area contributed by atoms with Crippen LogP contribution in [0.25, 0.3) is 21.8 Å². The van der Waals surface area contributed by atoms with Gasteiger partial charge >= 0.3 is 0 Å². The third-order valence-corrected chi connectivity index (χ3v) is 6.81. The van der Waals surface area contributed by atoms with E-state index in [0.29, 0.717) is 18.1 Å². The zero-order valence-corrected chi connectivity index (χ0v) is 20.3. The molecule has 1 fully saturated rings. The molecule has 0 spiro atoms. The summed E-state index contributed by atoms with van der Waals surface area (Å²) in [7, 11) is 4.03. The maximum atomic E-state index is 12.7. The molecule has 1 unspecified atom stereocenters. The van der Waals surface area contributed by atoms with Crippen molar-refractivity contribution >= 4 is 40.4 Å². The van der Waals surface area contributed by atoms with Crippen LogP contribution in [0.5, 0.6) is 0 Å². The molecule has 0 saturated carbocycles. The predicted octanol–water partition coefficient (Wildman–Crippen LogP) is 4.87. The molecular formula is C25H27ClN4O2S. The predicted molar refractivity (Wildman–Crippen MR) is 134 cm³/mol. The van der Waals surface area contributed by atoms with Crippen molar-refractivity contribution in [1.29, 1.82) is 0 Å². The highest BCUT2D eigenvalue weighted by molar-refractivity contribution is 7.13. The van der Waals surface area contributed by atoms with Crippen LogP contribution >= 0.6 is 22.9 Å². The average Bonchev–Trinajstić information content (AvgIpc) is 3.42. The number of carbonyl (C=O) groups excluding carboxylic acids is 2. The van der Waals surface area contributed by atoms with E-state index in [2.05, 4.69) is 10.2 Å². The lowest BCUT2D eigenvalue weighted by Crippen LogP contribution is -2.30. The van der Waals surface area contributed by atoms with Gasteiger partial charge in [0.25, 0.3) is 0 Å². The minimum atomic E-state index is -0.308. The quantitative estimate of drug-likeness (QED) is 0.497. The molecule has 1 N–H and O–H groups in total. The fourth-order valence-electron chi connectivity index (χ4n) is 3.84. The van der Waals surface area contributed by atoms with E-state index in [-0.39, 0.29) is 24.2 Å². The van der Waals surface area contributed by atoms with Crippen LogP contribution in [0.15, 0.2) is 53.9 Å². The van der Waals surface area contributed by atoms with E-state index < -0.39 is 0 Å². The number of anilines is 1. The highest BCUT2D eigenvalue weighted by Gasteiger charge is 2.33. The van der Waals surface area contributed by atoms with E-state index in [1.54, 1.807) is 16.2 Å². The lowest BCUT2D eigenvalue weighted by molar-refractivity contribution is -0.128. The van der Waals surface area contributed by atoms with Gasteiger partial charge in [0.05, 0.1) is 11.6 Å².